The van der Waals surface area contributed by atoms with Gasteiger partial charge in [-0.2, -0.15) is 0 Å². The van der Waals surface area contributed by atoms with Crippen LogP contribution in [0.5, 0.6) is 0 Å². The number of nitrogens with one attached hydrogen (secondary N) is 1. The molecule has 0 saturated carbocycles. The third kappa shape index (κ3) is 3.63. The van der Waals surface area contributed by atoms with Crippen molar-refractivity contribution in [2.75, 3.05) is 6.54 Å². The summed E-state index contributed by atoms with van der Waals surface area (Å²) >= 11 is 0. The molecule has 0 saturated heterocycles. The lowest BCUT2D eigenvalue weighted by molar-refractivity contribution is 0.0990. The van der Waals surface area contributed by atoms with Gasteiger partial charge in [0.2, 0.25) is 0 Å². The van der Waals surface area contributed by atoms with Crippen molar-refractivity contribution in [3.05, 3.63) is 53.1 Å². The Bertz CT molecular complexity index is 651. The molecule has 0 radical (unpaired) electrons. The summed E-state index contributed by atoms with van der Waals surface area (Å²) in [6.07, 6.45) is 3.52. The number of ketones is 1. The Morgan fingerprint density at radius 2 is 1.86 bits per heavy atom. The monoisotopic (exact) mass is 299 g/mol. The van der Waals surface area contributed by atoms with Gasteiger partial charge in [0.25, 0.3) is 0 Å². The van der Waals surface area contributed by atoms with E-state index < -0.39 is 0 Å². The van der Waals surface area contributed by atoms with Gasteiger partial charge in [0.1, 0.15) is 0 Å². The Balaban J connectivity index is 2.05. The van der Waals surface area contributed by atoms with Crippen molar-refractivity contribution in [2.24, 2.45) is 0 Å². The molecule has 0 fully saturated rings. The number of aryl methyl sites for hydroxylation is 1. The number of rotatable bonds is 5. The van der Waals surface area contributed by atoms with Crippen molar-refractivity contribution in [1.82, 2.24) is 14.9 Å². The highest BCUT2D eigenvalue weighted by Crippen LogP contribution is 2.24. The second-order valence-electron chi connectivity index (χ2n) is 6.67. The Morgan fingerprint density at radius 3 is 2.41 bits per heavy atom. The molecule has 1 N–H and O–H groups in total. The molecule has 4 nitrogen and oxygen atoms in total. The fraction of sp³-hybridized carbons (Fsp3) is 0.444. The molecular formula is C18H25N3O. The quantitative estimate of drug-likeness (QED) is 0.862. The van der Waals surface area contributed by atoms with Gasteiger partial charge in [-0.15, -0.1) is 0 Å². The van der Waals surface area contributed by atoms with E-state index >= 15 is 0 Å². The van der Waals surface area contributed by atoms with E-state index in [2.05, 4.69) is 42.6 Å². The van der Waals surface area contributed by atoms with E-state index in [0.29, 0.717) is 13.1 Å². The Hall–Kier alpha value is -1.94. The molecule has 0 unspecified atom stereocenters. The fourth-order valence-corrected chi connectivity index (χ4v) is 2.99. The number of hydrogen-bond acceptors (Lipinski definition) is 3. The zero-order valence-electron chi connectivity index (χ0n) is 14.1. The predicted molar refractivity (Wildman–Crippen MR) is 89.2 cm³/mol. The molecule has 2 heterocycles. The predicted octanol–water partition coefficient (Wildman–Crippen LogP) is 3.23. The first-order chi connectivity index (χ1) is 10.3. The van der Waals surface area contributed by atoms with Crippen LogP contribution in [0.15, 0.2) is 30.6 Å². The number of pyridine rings is 1. The van der Waals surface area contributed by atoms with Gasteiger partial charge in [-0.1, -0.05) is 0 Å². The molecular weight excluding hydrogens is 274 g/mol. The summed E-state index contributed by atoms with van der Waals surface area (Å²) in [5.74, 6) is 0.137. The standard InChI is InChI=1S/C18H25N3O/c1-13-10-16(14(2)21(13)18(3,4)5)17(22)12-20-11-15-6-8-19-9-7-15/h6-10,20H,11-12H2,1-5H3. The highest BCUT2D eigenvalue weighted by atomic mass is 16.1. The maximum absolute atomic E-state index is 12.5. The molecule has 0 aliphatic carbocycles. The maximum Gasteiger partial charge on any atom is 0.178 e. The maximum atomic E-state index is 12.5. The van der Waals surface area contributed by atoms with Crippen molar-refractivity contribution in [3.8, 4) is 0 Å². The van der Waals surface area contributed by atoms with Gasteiger partial charge in [-0.3, -0.25) is 9.78 Å². The van der Waals surface area contributed by atoms with Gasteiger partial charge in [-0.05, 0) is 58.4 Å². The molecule has 2 rings (SSSR count). The summed E-state index contributed by atoms with van der Waals surface area (Å²) in [7, 11) is 0. The zero-order valence-corrected chi connectivity index (χ0v) is 14.1. The number of aromatic nitrogens is 2. The second-order valence-corrected chi connectivity index (χ2v) is 6.67. The molecule has 118 valence electrons. The van der Waals surface area contributed by atoms with E-state index in [1.54, 1.807) is 12.4 Å². The molecule has 0 aliphatic heterocycles. The highest BCUT2D eigenvalue weighted by molar-refractivity contribution is 5.99. The summed E-state index contributed by atoms with van der Waals surface area (Å²) < 4.78 is 2.23. The molecule has 0 aliphatic rings. The van der Waals surface area contributed by atoms with E-state index in [-0.39, 0.29) is 11.3 Å². The van der Waals surface area contributed by atoms with Crippen LogP contribution < -0.4 is 5.32 Å². The van der Waals surface area contributed by atoms with Crippen LogP contribution in [0.25, 0.3) is 0 Å². The van der Waals surface area contributed by atoms with Crippen LogP contribution in [0, 0.1) is 13.8 Å². The van der Waals surface area contributed by atoms with Crippen molar-refractivity contribution >= 4 is 5.78 Å². The lowest BCUT2D eigenvalue weighted by Gasteiger charge is -2.25. The largest absolute Gasteiger partial charge is 0.343 e. The van der Waals surface area contributed by atoms with Crippen molar-refractivity contribution in [2.45, 2.75) is 46.7 Å². The Kier molecular flexibility index (Phi) is 4.81. The molecule has 0 bridgehead atoms. The number of Topliss-reactive ketones (excluding diaryl/α,β-unsaturated/α-hetero) is 1. The SMILES string of the molecule is Cc1cc(C(=O)CNCc2ccncc2)c(C)n1C(C)(C)C. The highest BCUT2D eigenvalue weighted by Gasteiger charge is 2.22. The minimum atomic E-state index is -0.0167. The number of hydrogen-bond donors (Lipinski definition) is 1. The van der Waals surface area contributed by atoms with E-state index in [0.717, 1.165) is 22.5 Å². The van der Waals surface area contributed by atoms with Crippen molar-refractivity contribution < 1.29 is 4.79 Å². The molecule has 2 aromatic heterocycles. The topological polar surface area (TPSA) is 46.9 Å². The first kappa shape index (κ1) is 16.4. The molecule has 2 aromatic rings. The minimum absolute atomic E-state index is 0.0167. The lowest BCUT2D eigenvalue weighted by Crippen LogP contribution is -2.26. The first-order valence-electron chi connectivity index (χ1n) is 7.63. The van der Waals surface area contributed by atoms with Gasteiger partial charge in [0.05, 0.1) is 6.54 Å². The van der Waals surface area contributed by atoms with E-state index in [9.17, 15) is 4.79 Å². The molecule has 4 heteroatoms. The first-order valence-corrected chi connectivity index (χ1v) is 7.63. The summed E-state index contributed by atoms with van der Waals surface area (Å²) in [5, 5.41) is 3.21. The summed E-state index contributed by atoms with van der Waals surface area (Å²) in [4.78, 5) is 16.4. The summed E-state index contributed by atoms with van der Waals surface area (Å²) in [6.45, 7) is 11.6. The molecule has 0 spiro atoms. The minimum Gasteiger partial charge on any atom is -0.343 e. The van der Waals surface area contributed by atoms with E-state index in [4.69, 9.17) is 0 Å². The van der Waals surface area contributed by atoms with Crippen LogP contribution in [0.1, 0.15) is 48.1 Å². The smallest absolute Gasteiger partial charge is 0.178 e. The van der Waals surface area contributed by atoms with Crippen LogP contribution in [0.4, 0.5) is 0 Å². The van der Waals surface area contributed by atoms with E-state index in [1.807, 2.05) is 25.1 Å². The Morgan fingerprint density at radius 1 is 1.23 bits per heavy atom. The number of carbonyl (C=O) groups is 1. The molecule has 0 atom stereocenters. The average molecular weight is 299 g/mol. The lowest BCUT2D eigenvalue weighted by atomic mass is 10.1. The number of nitrogens with zero attached hydrogens (tertiary/aromatic N) is 2. The molecule has 0 aromatic carbocycles. The fourth-order valence-electron chi connectivity index (χ4n) is 2.99. The van der Waals surface area contributed by atoms with Crippen LogP contribution in [-0.2, 0) is 12.1 Å². The second kappa shape index (κ2) is 6.44. The third-order valence-corrected chi connectivity index (χ3v) is 3.77. The van der Waals surface area contributed by atoms with Crippen LogP contribution in [-0.4, -0.2) is 21.9 Å². The normalized spacial score (nSPS) is 11.7. The van der Waals surface area contributed by atoms with Gasteiger partial charge >= 0.3 is 0 Å². The summed E-state index contributed by atoms with van der Waals surface area (Å²) in [5.41, 5.74) is 4.10. The molecule has 0 amide bonds. The van der Waals surface area contributed by atoms with Crippen molar-refractivity contribution in [1.29, 1.82) is 0 Å². The average Bonchev–Trinajstić information content (AvgIpc) is 2.74. The van der Waals surface area contributed by atoms with Crippen molar-refractivity contribution in [3.63, 3.8) is 0 Å². The van der Waals surface area contributed by atoms with Gasteiger partial charge < -0.3 is 9.88 Å². The van der Waals surface area contributed by atoms with E-state index in [1.165, 1.54) is 0 Å². The van der Waals surface area contributed by atoms with Crippen LogP contribution in [0.3, 0.4) is 0 Å². The van der Waals surface area contributed by atoms with Gasteiger partial charge in [-0.25, -0.2) is 0 Å². The Labute approximate surface area is 132 Å². The zero-order chi connectivity index (χ0) is 16.3. The van der Waals surface area contributed by atoms with Crippen LogP contribution in [0.2, 0.25) is 0 Å². The van der Waals surface area contributed by atoms with Crippen LogP contribution >= 0.6 is 0 Å². The third-order valence-electron chi connectivity index (χ3n) is 3.77. The summed E-state index contributed by atoms with van der Waals surface area (Å²) in [6, 6.07) is 5.89. The van der Waals surface area contributed by atoms with Gasteiger partial charge in [0.15, 0.2) is 5.78 Å². The molecule has 22 heavy (non-hydrogen) atoms. The van der Waals surface area contributed by atoms with Gasteiger partial charge in [0, 0.05) is 41.4 Å². The number of carbonyl (C=O) groups excluding carboxylic acids is 1.